The van der Waals surface area contributed by atoms with Crippen LogP contribution in [0.2, 0.25) is 0 Å². The lowest BCUT2D eigenvalue weighted by molar-refractivity contribution is -0.145. The average molecular weight is 373 g/mol. The van der Waals surface area contributed by atoms with E-state index in [2.05, 4.69) is 17.9 Å². The normalized spacial score (nSPS) is 18.3. The van der Waals surface area contributed by atoms with Gasteiger partial charge in [0.1, 0.15) is 11.6 Å². The fourth-order valence-corrected chi connectivity index (χ4v) is 4.05. The van der Waals surface area contributed by atoms with Crippen molar-refractivity contribution in [1.82, 2.24) is 14.9 Å². The Kier molecular flexibility index (Phi) is 7.46. The van der Waals surface area contributed by atoms with Crippen LogP contribution in [0.3, 0.4) is 0 Å². The Morgan fingerprint density at radius 3 is 1.85 bits per heavy atom. The van der Waals surface area contributed by atoms with E-state index >= 15 is 0 Å². The summed E-state index contributed by atoms with van der Waals surface area (Å²) in [5.41, 5.74) is 2.39. The average Bonchev–Trinajstić information content (AvgIpc) is 3.27. The van der Waals surface area contributed by atoms with Crippen molar-refractivity contribution in [3.63, 3.8) is 0 Å². The molecule has 0 aromatic rings. The topological polar surface area (TPSA) is 67.6 Å². The van der Waals surface area contributed by atoms with Crippen LogP contribution < -0.4 is 0 Å². The van der Waals surface area contributed by atoms with Crippen molar-refractivity contribution in [3.05, 3.63) is 22.4 Å². The number of carbonyl (C=O) groups is 2. The van der Waals surface area contributed by atoms with Gasteiger partial charge in [0.05, 0.1) is 5.57 Å². The molecule has 0 N–H and O–H groups in total. The minimum absolute atomic E-state index is 0.199. The lowest BCUT2D eigenvalue weighted by Crippen LogP contribution is -2.40. The Morgan fingerprint density at radius 1 is 0.926 bits per heavy atom. The molecule has 2 aliphatic rings. The summed E-state index contributed by atoms with van der Waals surface area (Å²) in [7, 11) is 0. The van der Waals surface area contributed by atoms with Gasteiger partial charge in [0.2, 0.25) is 0 Å². The molecule has 2 rings (SSSR count). The molecule has 0 saturated carbocycles. The Balaban J connectivity index is 2.67. The first-order chi connectivity index (χ1) is 13.0. The monoisotopic (exact) mass is 372 g/mol. The number of amides is 2. The van der Waals surface area contributed by atoms with Gasteiger partial charge < -0.3 is 4.90 Å². The summed E-state index contributed by atoms with van der Waals surface area (Å²) in [6, 6.07) is 2.37. The van der Waals surface area contributed by atoms with E-state index in [1.807, 2.05) is 20.8 Å². The zero-order chi connectivity index (χ0) is 20.0. The highest BCUT2D eigenvalue weighted by Gasteiger charge is 2.42. The first-order valence-electron chi connectivity index (χ1n) is 10.3. The molecule has 0 bridgehead atoms. The third-order valence-electron chi connectivity index (χ3n) is 5.27. The van der Waals surface area contributed by atoms with Gasteiger partial charge in [0.15, 0.2) is 0 Å². The van der Waals surface area contributed by atoms with Gasteiger partial charge in [-0.05, 0) is 45.1 Å². The van der Waals surface area contributed by atoms with Crippen molar-refractivity contribution in [2.24, 2.45) is 0 Å². The summed E-state index contributed by atoms with van der Waals surface area (Å²) in [5, 5.41) is 13.0. The fraction of sp³-hybridized carbons (Fsp3) is 0.667. The van der Waals surface area contributed by atoms with Crippen LogP contribution in [0.1, 0.15) is 66.2 Å². The molecular formula is C21H32N4O2. The van der Waals surface area contributed by atoms with Crippen molar-refractivity contribution >= 4 is 11.8 Å². The third kappa shape index (κ3) is 4.02. The zero-order valence-corrected chi connectivity index (χ0v) is 17.2. The summed E-state index contributed by atoms with van der Waals surface area (Å²) in [5.74, 6) is -0.532. The number of nitrogens with zero attached hydrogens (tertiary/aromatic N) is 4. The number of allylic oxidation sites excluding steroid dienone is 3. The van der Waals surface area contributed by atoms with Crippen molar-refractivity contribution in [3.8, 4) is 6.07 Å². The van der Waals surface area contributed by atoms with Crippen LogP contribution in [-0.4, -0.2) is 52.9 Å². The summed E-state index contributed by atoms with van der Waals surface area (Å²) >= 11 is 0. The van der Waals surface area contributed by atoms with Gasteiger partial charge in [-0.1, -0.05) is 26.7 Å². The van der Waals surface area contributed by atoms with E-state index in [-0.39, 0.29) is 17.4 Å². The minimum Gasteiger partial charge on any atom is -0.374 e. The quantitative estimate of drug-likeness (QED) is 0.372. The molecule has 0 aromatic heterocycles. The van der Waals surface area contributed by atoms with E-state index < -0.39 is 0 Å². The molecule has 2 aliphatic heterocycles. The highest BCUT2D eigenvalue weighted by Crippen LogP contribution is 2.33. The van der Waals surface area contributed by atoms with Crippen molar-refractivity contribution < 1.29 is 9.59 Å². The highest BCUT2D eigenvalue weighted by atomic mass is 16.2. The maximum atomic E-state index is 13.0. The van der Waals surface area contributed by atoms with Gasteiger partial charge in [-0.3, -0.25) is 9.59 Å². The number of hydrogen-bond acceptors (Lipinski definition) is 4. The standard InChI is InChI=1S/C21H32N4O2/c1-5-11-16(19-20(26)24(7-3)25(8-4)21(19)27)17(15-22)18(12-6-2)23-13-9-10-14-23/h5-14H2,1-4H3/b18-17+. The molecule has 2 heterocycles. The second kappa shape index (κ2) is 9.59. The molecule has 6 heteroatoms. The number of carbonyl (C=O) groups excluding carboxylic acids is 2. The predicted molar refractivity (Wildman–Crippen MR) is 105 cm³/mol. The first-order valence-corrected chi connectivity index (χ1v) is 10.3. The number of rotatable bonds is 8. The molecule has 6 nitrogen and oxygen atoms in total. The third-order valence-corrected chi connectivity index (χ3v) is 5.27. The van der Waals surface area contributed by atoms with Crippen LogP contribution in [0.25, 0.3) is 0 Å². The van der Waals surface area contributed by atoms with Gasteiger partial charge in [-0.2, -0.15) is 5.26 Å². The van der Waals surface area contributed by atoms with E-state index in [0.29, 0.717) is 30.7 Å². The molecular weight excluding hydrogens is 340 g/mol. The molecule has 0 radical (unpaired) electrons. The maximum absolute atomic E-state index is 13.0. The molecule has 0 spiro atoms. The van der Waals surface area contributed by atoms with E-state index in [9.17, 15) is 14.9 Å². The molecule has 0 atom stereocenters. The molecule has 2 saturated heterocycles. The number of likely N-dealkylation sites (N-methyl/N-ethyl adjacent to an activating group) is 2. The van der Waals surface area contributed by atoms with Crippen molar-refractivity contribution in [2.45, 2.75) is 66.2 Å². The van der Waals surface area contributed by atoms with Crippen LogP contribution in [0.4, 0.5) is 0 Å². The molecule has 27 heavy (non-hydrogen) atoms. The van der Waals surface area contributed by atoms with Crippen LogP contribution >= 0.6 is 0 Å². The molecule has 0 aliphatic carbocycles. The highest BCUT2D eigenvalue weighted by molar-refractivity contribution is 6.23. The zero-order valence-electron chi connectivity index (χ0n) is 17.2. The molecule has 0 unspecified atom stereocenters. The van der Waals surface area contributed by atoms with E-state index in [0.717, 1.165) is 50.9 Å². The second-order valence-electron chi connectivity index (χ2n) is 7.02. The largest absolute Gasteiger partial charge is 0.374 e. The molecule has 2 amide bonds. The Hall–Kier alpha value is -2.29. The smallest absolute Gasteiger partial charge is 0.278 e. The van der Waals surface area contributed by atoms with Crippen LogP contribution in [0.5, 0.6) is 0 Å². The molecule has 0 aromatic carbocycles. The van der Waals surface area contributed by atoms with E-state index in [1.54, 1.807) is 0 Å². The summed E-state index contributed by atoms with van der Waals surface area (Å²) < 4.78 is 0. The Bertz CT molecular complexity index is 657. The lowest BCUT2D eigenvalue weighted by Gasteiger charge is -2.24. The maximum Gasteiger partial charge on any atom is 0.278 e. The number of hydrazine groups is 1. The van der Waals surface area contributed by atoms with E-state index in [1.165, 1.54) is 10.0 Å². The van der Waals surface area contributed by atoms with Gasteiger partial charge >= 0.3 is 0 Å². The minimum atomic E-state index is -0.266. The fourth-order valence-electron chi connectivity index (χ4n) is 4.05. The summed E-state index contributed by atoms with van der Waals surface area (Å²) in [6.07, 6.45) is 5.30. The first kappa shape index (κ1) is 21.0. The summed E-state index contributed by atoms with van der Waals surface area (Å²) in [6.45, 7) is 10.6. The van der Waals surface area contributed by atoms with Gasteiger partial charge in [-0.15, -0.1) is 0 Å². The van der Waals surface area contributed by atoms with E-state index in [4.69, 9.17) is 0 Å². The Labute approximate surface area is 163 Å². The Morgan fingerprint density at radius 2 is 1.44 bits per heavy atom. The number of likely N-dealkylation sites (tertiary alicyclic amines) is 1. The van der Waals surface area contributed by atoms with Crippen LogP contribution in [0, 0.1) is 11.3 Å². The van der Waals surface area contributed by atoms with Crippen molar-refractivity contribution in [1.29, 1.82) is 5.26 Å². The second-order valence-corrected chi connectivity index (χ2v) is 7.02. The predicted octanol–water partition coefficient (Wildman–Crippen LogP) is 3.38. The van der Waals surface area contributed by atoms with Gasteiger partial charge in [0.25, 0.3) is 11.8 Å². The SMILES string of the molecule is CCCC(=C1C(=O)N(CC)N(CC)C1=O)/C(C#N)=C(\CCC)N1CCCC1. The number of hydrogen-bond donors (Lipinski definition) is 0. The summed E-state index contributed by atoms with van der Waals surface area (Å²) in [4.78, 5) is 28.3. The van der Waals surface area contributed by atoms with Crippen LogP contribution in [0.15, 0.2) is 22.4 Å². The van der Waals surface area contributed by atoms with Crippen LogP contribution in [-0.2, 0) is 9.59 Å². The van der Waals surface area contributed by atoms with Gasteiger partial charge in [-0.25, -0.2) is 10.0 Å². The molecule has 148 valence electrons. The van der Waals surface area contributed by atoms with Gasteiger partial charge in [0, 0.05) is 31.9 Å². The van der Waals surface area contributed by atoms with Crippen molar-refractivity contribution in [2.75, 3.05) is 26.2 Å². The lowest BCUT2D eigenvalue weighted by atomic mass is 9.92. The molecule has 2 fully saturated rings. The number of nitriles is 1.